The molecule has 2 nitrogen and oxygen atoms in total. The predicted molar refractivity (Wildman–Crippen MR) is 56.8 cm³/mol. The van der Waals surface area contributed by atoms with Crippen molar-refractivity contribution < 1.29 is 4.74 Å². The second kappa shape index (κ2) is 4.55. The Kier molecular flexibility index (Phi) is 3.38. The molecule has 0 saturated heterocycles. The summed E-state index contributed by atoms with van der Waals surface area (Å²) >= 11 is 0. The molecule has 0 N–H and O–H groups in total. The molecule has 0 aliphatic carbocycles. The molecule has 1 aromatic carbocycles. The highest BCUT2D eigenvalue weighted by Crippen LogP contribution is 2.12. The fourth-order valence-electron chi connectivity index (χ4n) is 1.03. The summed E-state index contributed by atoms with van der Waals surface area (Å²) in [6, 6.07) is 8.28. The van der Waals surface area contributed by atoms with Crippen LogP contribution in [0.3, 0.4) is 0 Å². The van der Waals surface area contributed by atoms with Crippen molar-refractivity contribution in [2.75, 3.05) is 26.1 Å². The van der Waals surface area contributed by atoms with Gasteiger partial charge < -0.3 is 9.64 Å². The van der Waals surface area contributed by atoms with Crippen molar-refractivity contribution in [3.63, 3.8) is 0 Å². The molecule has 0 heterocycles. The van der Waals surface area contributed by atoms with Gasteiger partial charge in [0.05, 0.1) is 13.4 Å². The van der Waals surface area contributed by atoms with Gasteiger partial charge in [-0.3, -0.25) is 0 Å². The first kappa shape index (κ1) is 9.65. The lowest BCUT2D eigenvalue weighted by Crippen LogP contribution is -2.07. The van der Waals surface area contributed by atoms with Crippen LogP contribution in [-0.2, 0) is 4.74 Å². The number of nitrogens with zero attached hydrogens (tertiary/aromatic N) is 1. The van der Waals surface area contributed by atoms with E-state index in [2.05, 4.69) is 29.2 Å². The zero-order valence-corrected chi connectivity index (χ0v) is 8.32. The minimum absolute atomic E-state index is 1.15. The first-order chi connectivity index (χ1) is 6.24. The Morgan fingerprint density at radius 1 is 1.15 bits per heavy atom. The Morgan fingerprint density at radius 3 is 2.23 bits per heavy atom. The van der Waals surface area contributed by atoms with Gasteiger partial charge in [-0.05, 0) is 23.8 Å². The van der Waals surface area contributed by atoms with Gasteiger partial charge in [0.2, 0.25) is 0 Å². The normalized spacial score (nSPS) is 10.4. The van der Waals surface area contributed by atoms with E-state index in [0.29, 0.717) is 0 Å². The van der Waals surface area contributed by atoms with E-state index in [1.54, 1.807) is 13.4 Å². The topological polar surface area (TPSA) is 12.5 Å². The molecular weight excluding hydrogens is 162 g/mol. The van der Waals surface area contributed by atoms with E-state index in [4.69, 9.17) is 4.74 Å². The van der Waals surface area contributed by atoms with Crippen LogP contribution in [0.5, 0.6) is 0 Å². The number of hydrogen-bond acceptors (Lipinski definition) is 2. The first-order valence-corrected chi connectivity index (χ1v) is 4.21. The smallest absolute Gasteiger partial charge is 0.0830 e. The van der Waals surface area contributed by atoms with Crippen LogP contribution in [0.15, 0.2) is 30.5 Å². The SMILES string of the molecule is CO/C=C/c1ccc(N(C)C)cc1. The largest absolute Gasteiger partial charge is 0.504 e. The number of anilines is 1. The zero-order valence-electron chi connectivity index (χ0n) is 8.32. The zero-order chi connectivity index (χ0) is 9.68. The summed E-state index contributed by atoms with van der Waals surface area (Å²) in [5.41, 5.74) is 2.35. The monoisotopic (exact) mass is 177 g/mol. The molecule has 0 aliphatic heterocycles. The van der Waals surface area contributed by atoms with E-state index >= 15 is 0 Å². The quantitative estimate of drug-likeness (QED) is 0.657. The van der Waals surface area contributed by atoms with Crippen LogP contribution >= 0.6 is 0 Å². The number of ether oxygens (including phenoxy) is 1. The summed E-state index contributed by atoms with van der Waals surface area (Å²) in [5.74, 6) is 0. The average molecular weight is 177 g/mol. The first-order valence-electron chi connectivity index (χ1n) is 4.21. The molecule has 0 atom stereocenters. The van der Waals surface area contributed by atoms with E-state index in [1.165, 1.54) is 5.69 Å². The third kappa shape index (κ3) is 2.82. The Bertz CT molecular complexity index is 275. The van der Waals surface area contributed by atoms with Crippen molar-refractivity contribution in [3.05, 3.63) is 36.1 Å². The van der Waals surface area contributed by atoms with Gasteiger partial charge in [0.25, 0.3) is 0 Å². The maximum absolute atomic E-state index is 4.83. The molecule has 0 bridgehead atoms. The summed E-state index contributed by atoms with van der Waals surface area (Å²) in [4.78, 5) is 2.07. The molecule has 0 aliphatic rings. The van der Waals surface area contributed by atoms with Crippen molar-refractivity contribution >= 4 is 11.8 Å². The van der Waals surface area contributed by atoms with Crippen molar-refractivity contribution in [2.24, 2.45) is 0 Å². The third-order valence-corrected chi connectivity index (χ3v) is 1.81. The Labute approximate surface area is 79.4 Å². The third-order valence-electron chi connectivity index (χ3n) is 1.81. The Morgan fingerprint density at radius 2 is 1.77 bits per heavy atom. The van der Waals surface area contributed by atoms with Crippen molar-refractivity contribution in [3.8, 4) is 0 Å². The summed E-state index contributed by atoms with van der Waals surface area (Å²) in [5, 5.41) is 0. The molecule has 13 heavy (non-hydrogen) atoms. The maximum Gasteiger partial charge on any atom is 0.0830 e. The van der Waals surface area contributed by atoms with Crippen LogP contribution in [-0.4, -0.2) is 21.2 Å². The van der Waals surface area contributed by atoms with Crippen LogP contribution in [0.1, 0.15) is 5.56 Å². The molecule has 70 valence electrons. The number of hydrogen-bond donors (Lipinski definition) is 0. The van der Waals surface area contributed by atoms with Gasteiger partial charge >= 0.3 is 0 Å². The molecule has 0 radical (unpaired) electrons. The van der Waals surface area contributed by atoms with E-state index < -0.39 is 0 Å². The Balaban J connectivity index is 2.75. The summed E-state index contributed by atoms with van der Waals surface area (Å²) in [6.45, 7) is 0. The molecular formula is C11H15NO. The fraction of sp³-hybridized carbons (Fsp3) is 0.273. The van der Waals surface area contributed by atoms with Gasteiger partial charge in [0, 0.05) is 19.8 Å². The van der Waals surface area contributed by atoms with Gasteiger partial charge in [-0.1, -0.05) is 12.1 Å². The Hall–Kier alpha value is -1.44. The summed E-state index contributed by atoms with van der Waals surface area (Å²) in [6.07, 6.45) is 3.60. The fourth-order valence-corrected chi connectivity index (χ4v) is 1.03. The van der Waals surface area contributed by atoms with Crippen molar-refractivity contribution in [1.82, 2.24) is 0 Å². The molecule has 0 amide bonds. The maximum atomic E-state index is 4.83. The second-order valence-corrected chi connectivity index (χ2v) is 3.02. The van der Waals surface area contributed by atoms with Gasteiger partial charge in [0.1, 0.15) is 0 Å². The van der Waals surface area contributed by atoms with E-state index in [-0.39, 0.29) is 0 Å². The molecule has 0 aromatic heterocycles. The molecule has 0 spiro atoms. The lowest BCUT2D eigenvalue weighted by Gasteiger charge is -2.11. The number of methoxy groups -OCH3 is 1. The van der Waals surface area contributed by atoms with Gasteiger partial charge in [-0.2, -0.15) is 0 Å². The lowest BCUT2D eigenvalue weighted by atomic mass is 10.2. The van der Waals surface area contributed by atoms with Gasteiger partial charge in [-0.25, -0.2) is 0 Å². The lowest BCUT2D eigenvalue weighted by molar-refractivity contribution is 0.341. The van der Waals surface area contributed by atoms with E-state index in [9.17, 15) is 0 Å². The highest BCUT2D eigenvalue weighted by atomic mass is 16.5. The standard InChI is InChI=1S/C11H15NO/c1-12(2)11-6-4-10(5-7-11)8-9-13-3/h4-9H,1-3H3/b9-8+. The molecule has 0 unspecified atom stereocenters. The number of benzene rings is 1. The van der Waals surface area contributed by atoms with Crippen LogP contribution in [0.2, 0.25) is 0 Å². The van der Waals surface area contributed by atoms with Crippen LogP contribution < -0.4 is 4.90 Å². The molecule has 0 fully saturated rings. The highest BCUT2D eigenvalue weighted by Gasteiger charge is 1.92. The van der Waals surface area contributed by atoms with E-state index in [1.807, 2.05) is 20.2 Å². The minimum atomic E-state index is 1.15. The van der Waals surface area contributed by atoms with Crippen molar-refractivity contribution in [1.29, 1.82) is 0 Å². The van der Waals surface area contributed by atoms with Gasteiger partial charge in [-0.15, -0.1) is 0 Å². The average Bonchev–Trinajstić information content (AvgIpc) is 2.15. The summed E-state index contributed by atoms with van der Waals surface area (Å²) in [7, 11) is 5.70. The molecule has 2 heteroatoms. The number of rotatable bonds is 3. The van der Waals surface area contributed by atoms with Gasteiger partial charge in [0.15, 0.2) is 0 Å². The van der Waals surface area contributed by atoms with Crippen LogP contribution in [0, 0.1) is 0 Å². The van der Waals surface area contributed by atoms with Crippen LogP contribution in [0.25, 0.3) is 6.08 Å². The molecule has 1 rings (SSSR count). The highest BCUT2D eigenvalue weighted by molar-refractivity contribution is 5.54. The molecule has 1 aromatic rings. The van der Waals surface area contributed by atoms with Crippen LogP contribution in [0.4, 0.5) is 5.69 Å². The summed E-state index contributed by atoms with van der Waals surface area (Å²) < 4.78 is 4.83. The molecule has 0 saturated carbocycles. The van der Waals surface area contributed by atoms with E-state index in [0.717, 1.165) is 5.56 Å². The second-order valence-electron chi connectivity index (χ2n) is 3.02. The predicted octanol–water partition coefficient (Wildman–Crippen LogP) is 2.37. The minimum Gasteiger partial charge on any atom is -0.504 e. The van der Waals surface area contributed by atoms with Crippen molar-refractivity contribution in [2.45, 2.75) is 0 Å².